The van der Waals surface area contributed by atoms with Gasteiger partial charge in [-0.25, -0.2) is 4.79 Å². The van der Waals surface area contributed by atoms with Crippen LogP contribution in [0.1, 0.15) is 45.2 Å². The maximum Gasteiger partial charge on any atom is 0.315 e. The largest absolute Gasteiger partial charge is 0.454 e. The minimum Gasteiger partial charge on any atom is -0.454 e. The van der Waals surface area contributed by atoms with E-state index in [1.807, 2.05) is 25.1 Å². The normalized spacial score (nSPS) is 21.2. The highest BCUT2D eigenvalue weighted by atomic mass is 16.7. The third kappa shape index (κ3) is 4.57. The van der Waals surface area contributed by atoms with Crippen molar-refractivity contribution in [1.82, 2.24) is 15.5 Å². The molecular weight excluding hydrogens is 318 g/mol. The van der Waals surface area contributed by atoms with E-state index in [4.69, 9.17) is 9.47 Å². The van der Waals surface area contributed by atoms with Crippen LogP contribution in [-0.2, 0) is 0 Å². The summed E-state index contributed by atoms with van der Waals surface area (Å²) in [6.45, 7) is 9.65. The minimum atomic E-state index is -0.119. The number of benzene rings is 1. The van der Waals surface area contributed by atoms with Gasteiger partial charge in [0, 0.05) is 19.1 Å². The van der Waals surface area contributed by atoms with Crippen LogP contribution in [0.15, 0.2) is 18.2 Å². The van der Waals surface area contributed by atoms with E-state index in [1.54, 1.807) is 0 Å². The van der Waals surface area contributed by atoms with Gasteiger partial charge in [0.15, 0.2) is 11.5 Å². The minimum absolute atomic E-state index is 0.0898. The molecule has 2 aliphatic heterocycles. The first-order valence-electron chi connectivity index (χ1n) is 9.21. The molecule has 0 aromatic heterocycles. The topological polar surface area (TPSA) is 62.8 Å². The lowest BCUT2D eigenvalue weighted by molar-refractivity contribution is 0.139. The molecule has 1 fully saturated rings. The summed E-state index contributed by atoms with van der Waals surface area (Å²) in [6.07, 6.45) is 2.39. The number of urea groups is 1. The molecule has 1 saturated heterocycles. The van der Waals surface area contributed by atoms with Gasteiger partial charge in [-0.2, -0.15) is 0 Å². The Morgan fingerprint density at radius 3 is 2.88 bits per heavy atom. The van der Waals surface area contributed by atoms with Crippen molar-refractivity contribution in [3.05, 3.63) is 23.8 Å². The molecule has 0 radical (unpaired) electrons. The molecule has 2 unspecified atom stereocenters. The van der Waals surface area contributed by atoms with Crippen molar-refractivity contribution in [2.75, 3.05) is 26.4 Å². The number of fused-ring (bicyclic) bond motifs is 1. The summed E-state index contributed by atoms with van der Waals surface area (Å²) in [7, 11) is 0. The van der Waals surface area contributed by atoms with Crippen LogP contribution in [0.25, 0.3) is 0 Å². The number of nitrogens with zero attached hydrogens (tertiary/aromatic N) is 1. The lowest BCUT2D eigenvalue weighted by atomic mass is 9.97. The van der Waals surface area contributed by atoms with Gasteiger partial charge in [0.1, 0.15) is 0 Å². The molecule has 0 saturated carbocycles. The van der Waals surface area contributed by atoms with Crippen LogP contribution in [0.2, 0.25) is 0 Å². The van der Waals surface area contributed by atoms with Gasteiger partial charge in [0.05, 0.1) is 6.04 Å². The number of amides is 2. The molecule has 0 bridgehead atoms. The van der Waals surface area contributed by atoms with Crippen molar-refractivity contribution in [2.24, 2.45) is 5.92 Å². The van der Waals surface area contributed by atoms with E-state index in [2.05, 4.69) is 29.4 Å². The van der Waals surface area contributed by atoms with Gasteiger partial charge in [-0.05, 0) is 63.8 Å². The molecule has 0 spiro atoms. The van der Waals surface area contributed by atoms with Crippen LogP contribution in [-0.4, -0.2) is 43.4 Å². The summed E-state index contributed by atoms with van der Waals surface area (Å²) in [4.78, 5) is 14.7. The first-order valence-corrected chi connectivity index (χ1v) is 9.21. The second-order valence-electron chi connectivity index (χ2n) is 7.29. The van der Waals surface area contributed by atoms with Crippen LogP contribution in [0, 0.1) is 5.92 Å². The van der Waals surface area contributed by atoms with Gasteiger partial charge in [0.25, 0.3) is 0 Å². The monoisotopic (exact) mass is 347 g/mol. The highest BCUT2D eigenvalue weighted by Crippen LogP contribution is 2.34. The number of rotatable bonds is 5. The Kier molecular flexibility index (Phi) is 5.68. The van der Waals surface area contributed by atoms with E-state index < -0.39 is 0 Å². The zero-order valence-electron chi connectivity index (χ0n) is 15.4. The van der Waals surface area contributed by atoms with Crippen molar-refractivity contribution < 1.29 is 14.3 Å². The van der Waals surface area contributed by atoms with Crippen LogP contribution in [0.5, 0.6) is 11.5 Å². The Bertz CT molecular complexity index is 606. The van der Waals surface area contributed by atoms with E-state index in [0.717, 1.165) is 30.2 Å². The SMILES string of the molecule is CC(NC(=O)NCC1CCCN(C(C)C)C1)c1ccc2c(c1)OCO2. The molecule has 138 valence electrons. The van der Waals surface area contributed by atoms with Gasteiger partial charge < -0.3 is 25.0 Å². The molecule has 2 atom stereocenters. The summed E-state index contributed by atoms with van der Waals surface area (Å²) in [5.74, 6) is 2.03. The fourth-order valence-electron chi connectivity index (χ4n) is 3.48. The Balaban J connectivity index is 1.46. The maximum absolute atomic E-state index is 12.2. The first-order chi connectivity index (χ1) is 12.0. The Hall–Kier alpha value is -1.95. The molecule has 3 rings (SSSR count). The molecule has 25 heavy (non-hydrogen) atoms. The number of likely N-dealkylation sites (tertiary alicyclic amines) is 1. The van der Waals surface area contributed by atoms with E-state index in [0.29, 0.717) is 12.0 Å². The molecular formula is C19H29N3O3. The smallest absolute Gasteiger partial charge is 0.315 e. The van der Waals surface area contributed by atoms with Gasteiger partial charge in [-0.15, -0.1) is 0 Å². The second-order valence-corrected chi connectivity index (χ2v) is 7.29. The van der Waals surface area contributed by atoms with E-state index in [-0.39, 0.29) is 18.9 Å². The predicted octanol–water partition coefficient (Wildman–Crippen LogP) is 2.90. The Labute approximate surface area is 149 Å². The lowest BCUT2D eigenvalue weighted by Crippen LogP contribution is -2.45. The number of carbonyl (C=O) groups is 1. The third-order valence-electron chi connectivity index (χ3n) is 5.08. The summed E-state index contributed by atoms with van der Waals surface area (Å²) >= 11 is 0. The van der Waals surface area contributed by atoms with Gasteiger partial charge in [-0.3, -0.25) is 0 Å². The summed E-state index contributed by atoms with van der Waals surface area (Å²) < 4.78 is 10.7. The Morgan fingerprint density at radius 2 is 2.08 bits per heavy atom. The van der Waals surface area contributed by atoms with Crippen molar-refractivity contribution in [2.45, 2.75) is 45.7 Å². The van der Waals surface area contributed by atoms with E-state index in [1.165, 1.54) is 19.4 Å². The first kappa shape index (κ1) is 17.9. The molecule has 2 amide bonds. The number of hydrogen-bond acceptors (Lipinski definition) is 4. The zero-order chi connectivity index (χ0) is 17.8. The van der Waals surface area contributed by atoms with Crippen molar-refractivity contribution in [1.29, 1.82) is 0 Å². The van der Waals surface area contributed by atoms with E-state index >= 15 is 0 Å². The highest BCUT2D eigenvalue weighted by Gasteiger charge is 2.22. The maximum atomic E-state index is 12.2. The fourth-order valence-corrected chi connectivity index (χ4v) is 3.48. The van der Waals surface area contributed by atoms with Crippen LogP contribution in [0.3, 0.4) is 0 Å². The van der Waals surface area contributed by atoms with Gasteiger partial charge in [0.2, 0.25) is 6.79 Å². The molecule has 6 heteroatoms. The van der Waals surface area contributed by atoms with Crippen molar-refractivity contribution >= 4 is 6.03 Å². The number of nitrogens with one attached hydrogen (secondary N) is 2. The molecule has 2 aliphatic rings. The number of ether oxygens (including phenoxy) is 2. The fraction of sp³-hybridized carbons (Fsp3) is 0.632. The molecule has 6 nitrogen and oxygen atoms in total. The van der Waals surface area contributed by atoms with Crippen LogP contribution >= 0.6 is 0 Å². The van der Waals surface area contributed by atoms with E-state index in [9.17, 15) is 4.79 Å². The van der Waals surface area contributed by atoms with Crippen molar-refractivity contribution in [3.63, 3.8) is 0 Å². The zero-order valence-corrected chi connectivity index (χ0v) is 15.4. The molecule has 1 aromatic carbocycles. The number of carbonyl (C=O) groups excluding carboxylic acids is 1. The van der Waals surface area contributed by atoms with Crippen LogP contribution in [0.4, 0.5) is 4.79 Å². The van der Waals surface area contributed by atoms with Crippen molar-refractivity contribution in [3.8, 4) is 11.5 Å². The molecule has 0 aliphatic carbocycles. The summed E-state index contributed by atoms with van der Waals surface area (Å²) in [6, 6.07) is 6.13. The summed E-state index contributed by atoms with van der Waals surface area (Å²) in [5.41, 5.74) is 1.00. The lowest BCUT2D eigenvalue weighted by Gasteiger charge is -2.35. The average molecular weight is 347 g/mol. The van der Waals surface area contributed by atoms with Gasteiger partial charge >= 0.3 is 6.03 Å². The predicted molar refractivity (Wildman–Crippen MR) is 96.9 cm³/mol. The molecule has 1 aromatic rings. The molecule has 2 heterocycles. The molecule has 2 N–H and O–H groups in total. The average Bonchev–Trinajstić information content (AvgIpc) is 3.07. The Morgan fingerprint density at radius 1 is 1.28 bits per heavy atom. The standard InChI is InChI=1S/C19H29N3O3/c1-13(2)22-8-4-5-15(11-22)10-20-19(23)21-14(3)16-6-7-17-18(9-16)25-12-24-17/h6-7,9,13-15H,4-5,8,10-12H2,1-3H3,(H2,20,21,23). The van der Waals surface area contributed by atoms with Crippen LogP contribution < -0.4 is 20.1 Å². The second kappa shape index (κ2) is 7.95. The highest BCUT2D eigenvalue weighted by molar-refractivity contribution is 5.74. The number of piperidine rings is 1. The quantitative estimate of drug-likeness (QED) is 0.860. The van der Waals surface area contributed by atoms with Gasteiger partial charge in [-0.1, -0.05) is 6.07 Å². The number of hydrogen-bond donors (Lipinski definition) is 2. The third-order valence-corrected chi connectivity index (χ3v) is 5.08. The summed E-state index contributed by atoms with van der Waals surface area (Å²) in [5, 5.41) is 6.03.